The molecule has 0 fully saturated rings. The maximum absolute atomic E-state index is 11.5. The Morgan fingerprint density at radius 3 is 2.73 bits per heavy atom. The molecule has 0 saturated carbocycles. The van der Waals surface area contributed by atoms with Gasteiger partial charge in [0.1, 0.15) is 11.5 Å². The number of rotatable bonds is 7. The van der Waals surface area contributed by atoms with Crippen LogP contribution in [-0.4, -0.2) is 30.2 Å². The van der Waals surface area contributed by atoms with Crippen molar-refractivity contribution in [2.24, 2.45) is 0 Å². The number of anilines is 1. The zero-order valence-corrected chi connectivity index (χ0v) is 12.1. The molecular formula is C15H16N2O5. The van der Waals surface area contributed by atoms with Gasteiger partial charge in [-0.3, -0.25) is 9.59 Å². The lowest BCUT2D eigenvalue weighted by Crippen LogP contribution is -2.21. The maximum atomic E-state index is 11.5. The van der Waals surface area contributed by atoms with Crippen molar-refractivity contribution < 1.29 is 23.6 Å². The monoisotopic (exact) mass is 304 g/mol. The Bertz CT molecular complexity index is 624. The van der Waals surface area contributed by atoms with Gasteiger partial charge in [-0.25, -0.2) is 0 Å². The number of carbonyl (C=O) groups excluding carboxylic acids is 2. The second-order valence-corrected chi connectivity index (χ2v) is 4.44. The van der Waals surface area contributed by atoms with Crippen molar-refractivity contribution >= 4 is 17.7 Å². The first-order valence-electron chi connectivity index (χ1n) is 6.70. The summed E-state index contributed by atoms with van der Waals surface area (Å²) in [5, 5.41) is 6.05. The molecule has 0 aliphatic carbocycles. The van der Waals surface area contributed by atoms with Crippen molar-refractivity contribution in [1.29, 1.82) is 0 Å². The molecule has 0 aliphatic rings. The van der Waals surface area contributed by atoms with Gasteiger partial charge in [0.25, 0.3) is 5.91 Å². The summed E-state index contributed by atoms with van der Waals surface area (Å²) in [6, 6.07) is 10.7. The van der Waals surface area contributed by atoms with Gasteiger partial charge >= 0.3 is 5.97 Å². The third-order valence-electron chi connectivity index (χ3n) is 2.58. The molecule has 1 heterocycles. The second kappa shape index (κ2) is 7.82. The molecule has 0 spiro atoms. The molecule has 0 unspecified atom stereocenters. The van der Waals surface area contributed by atoms with E-state index in [0.29, 0.717) is 11.5 Å². The SMILES string of the molecule is Cc1cc(NC(=O)COC(=O)CCOc2ccccc2)no1. The standard InChI is InChI=1S/C15H16N2O5/c1-11-9-13(17-22-11)16-14(18)10-21-15(19)7-8-20-12-5-3-2-4-6-12/h2-6,9H,7-8,10H2,1H3,(H,16,17,18). The Morgan fingerprint density at radius 2 is 2.05 bits per heavy atom. The van der Waals surface area contributed by atoms with Crippen LogP contribution in [0.4, 0.5) is 5.82 Å². The van der Waals surface area contributed by atoms with Gasteiger partial charge < -0.3 is 19.3 Å². The van der Waals surface area contributed by atoms with Gasteiger partial charge in [0.15, 0.2) is 12.4 Å². The number of hydrogen-bond donors (Lipinski definition) is 1. The van der Waals surface area contributed by atoms with Crippen molar-refractivity contribution in [1.82, 2.24) is 5.16 Å². The topological polar surface area (TPSA) is 90.7 Å². The molecule has 0 atom stereocenters. The summed E-state index contributed by atoms with van der Waals surface area (Å²) in [5.74, 6) is 0.541. The lowest BCUT2D eigenvalue weighted by Gasteiger charge is -2.06. The van der Waals surface area contributed by atoms with Crippen molar-refractivity contribution in [3.63, 3.8) is 0 Å². The molecule has 2 rings (SSSR count). The fourth-order valence-corrected chi connectivity index (χ4v) is 1.59. The molecule has 1 N–H and O–H groups in total. The minimum Gasteiger partial charge on any atom is -0.493 e. The number of carbonyl (C=O) groups is 2. The predicted molar refractivity (Wildman–Crippen MR) is 77.4 cm³/mol. The zero-order valence-electron chi connectivity index (χ0n) is 12.1. The van der Waals surface area contributed by atoms with Crippen LogP contribution in [0.15, 0.2) is 40.9 Å². The average molecular weight is 304 g/mol. The van der Waals surface area contributed by atoms with Gasteiger partial charge in [0.05, 0.1) is 13.0 Å². The summed E-state index contributed by atoms with van der Waals surface area (Å²) in [6.07, 6.45) is 0.0608. The molecule has 7 heteroatoms. The molecule has 7 nitrogen and oxygen atoms in total. The van der Waals surface area contributed by atoms with Gasteiger partial charge in [0.2, 0.25) is 0 Å². The fraction of sp³-hybridized carbons (Fsp3) is 0.267. The molecule has 1 aromatic heterocycles. The van der Waals surface area contributed by atoms with Gasteiger partial charge in [-0.2, -0.15) is 0 Å². The molecule has 0 saturated heterocycles. The first-order valence-corrected chi connectivity index (χ1v) is 6.70. The summed E-state index contributed by atoms with van der Waals surface area (Å²) < 4.78 is 15.0. The Kier molecular flexibility index (Phi) is 5.53. The molecule has 0 radical (unpaired) electrons. The summed E-state index contributed by atoms with van der Waals surface area (Å²) >= 11 is 0. The third kappa shape index (κ3) is 5.28. The maximum Gasteiger partial charge on any atom is 0.309 e. The van der Waals surface area contributed by atoms with Crippen LogP contribution >= 0.6 is 0 Å². The minimum atomic E-state index is -0.512. The van der Waals surface area contributed by atoms with E-state index in [1.807, 2.05) is 18.2 Å². The van der Waals surface area contributed by atoms with Crippen LogP contribution in [0.25, 0.3) is 0 Å². The van der Waals surface area contributed by atoms with Crippen LogP contribution in [0.3, 0.4) is 0 Å². The van der Waals surface area contributed by atoms with Crippen LogP contribution in [-0.2, 0) is 14.3 Å². The average Bonchev–Trinajstić information content (AvgIpc) is 2.91. The second-order valence-electron chi connectivity index (χ2n) is 4.44. The van der Waals surface area contributed by atoms with Gasteiger partial charge in [-0.15, -0.1) is 0 Å². The number of hydrogen-bond acceptors (Lipinski definition) is 6. The molecule has 22 heavy (non-hydrogen) atoms. The Balaban J connectivity index is 1.62. The summed E-state index contributed by atoms with van der Waals surface area (Å²) in [6.45, 7) is 1.51. The first kappa shape index (κ1) is 15.6. The van der Waals surface area contributed by atoms with E-state index in [-0.39, 0.29) is 25.5 Å². The highest BCUT2D eigenvalue weighted by atomic mass is 16.5. The summed E-state index contributed by atoms with van der Waals surface area (Å²) in [4.78, 5) is 23.0. The number of nitrogens with zero attached hydrogens (tertiary/aromatic N) is 1. The van der Waals surface area contributed by atoms with E-state index < -0.39 is 11.9 Å². The van der Waals surface area contributed by atoms with Crippen molar-refractivity contribution in [3.8, 4) is 5.75 Å². The number of nitrogens with one attached hydrogen (secondary N) is 1. The molecule has 116 valence electrons. The van der Waals surface area contributed by atoms with Gasteiger partial charge in [-0.1, -0.05) is 23.4 Å². The highest BCUT2D eigenvalue weighted by molar-refractivity contribution is 5.91. The van der Waals surface area contributed by atoms with Crippen molar-refractivity contribution in [2.75, 3.05) is 18.5 Å². The van der Waals surface area contributed by atoms with Crippen LogP contribution in [0, 0.1) is 6.92 Å². The molecule has 0 aliphatic heterocycles. The predicted octanol–water partition coefficient (Wildman–Crippen LogP) is 1.93. The Labute approximate surface area is 127 Å². The molecule has 0 bridgehead atoms. The fourth-order valence-electron chi connectivity index (χ4n) is 1.59. The molecule has 1 aromatic carbocycles. The third-order valence-corrected chi connectivity index (χ3v) is 2.58. The number of aryl methyl sites for hydroxylation is 1. The van der Waals surface area contributed by atoms with Gasteiger partial charge in [0, 0.05) is 6.07 Å². The summed E-state index contributed by atoms with van der Waals surface area (Å²) in [5.41, 5.74) is 0. The normalized spacial score (nSPS) is 10.0. The lowest BCUT2D eigenvalue weighted by atomic mass is 10.3. The van der Waals surface area contributed by atoms with E-state index in [2.05, 4.69) is 10.5 Å². The lowest BCUT2D eigenvalue weighted by molar-refractivity contribution is -0.147. The van der Waals surface area contributed by atoms with Crippen molar-refractivity contribution in [3.05, 3.63) is 42.2 Å². The van der Waals surface area contributed by atoms with E-state index in [1.165, 1.54) is 0 Å². The van der Waals surface area contributed by atoms with Crippen LogP contribution in [0.1, 0.15) is 12.2 Å². The van der Waals surface area contributed by atoms with E-state index in [1.54, 1.807) is 25.1 Å². The number of esters is 1. The minimum absolute atomic E-state index is 0.0608. The van der Waals surface area contributed by atoms with Crippen LogP contribution in [0.5, 0.6) is 5.75 Å². The Hall–Kier alpha value is -2.83. The number of benzene rings is 1. The molecule has 1 amide bonds. The smallest absolute Gasteiger partial charge is 0.309 e. The van der Waals surface area contributed by atoms with Gasteiger partial charge in [-0.05, 0) is 19.1 Å². The van der Waals surface area contributed by atoms with E-state index >= 15 is 0 Å². The van der Waals surface area contributed by atoms with E-state index in [9.17, 15) is 9.59 Å². The van der Waals surface area contributed by atoms with Crippen molar-refractivity contribution in [2.45, 2.75) is 13.3 Å². The summed E-state index contributed by atoms with van der Waals surface area (Å²) in [7, 11) is 0. The highest BCUT2D eigenvalue weighted by Crippen LogP contribution is 2.09. The van der Waals surface area contributed by atoms with Crippen LogP contribution < -0.4 is 10.1 Å². The van der Waals surface area contributed by atoms with E-state index in [0.717, 1.165) is 0 Å². The van der Waals surface area contributed by atoms with Crippen LogP contribution in [0.2, 0.25) is 0 Å². The largest absolute Gasteiger partial charge is 0.493 e. The molecular weight excluding hydrogens is 288 g/mol. The number of amides is 1. The highest BCUT2D eigenvalue weighted by Gasteiger charge is 2.10. The number of para-hydroxylation sites is 1. The molecule has 2 aromatic rings. The number of aromatic nitrogens is 1. The Morgan fingerprint density at radius 1 is 1.27 bits per heavy atom. The number of ether oxygens (including phenoxy) is 2. The van der Waals surface area contributed by atoms with E-state index in [4.69, 9.17) is 14.0 Å². The zero-order chi connectivity index (χ0) is 15.8. The first-order chi connectivity index (χ1) is 10.6. The quantitative estimate of drug-likeness (QED) is 0.786.